The standard InChI is InChI=1S/C22H13Cl2NO2/c23-18-7-4-6-16(13-18)17(14-25)11-15-5-3-8-19(12-15)27-22(26)20-9-1-2-10-21(20)24/h1-13H/b17-11-. The number of carbonyl (C=O) groups excluding carboxylic acids is 1. The summed E-state index contributed by atoms with van der Waals surface area (Å²) in [5.41, 5.74) is 2.17. The number of nitrogens with zero attached hydrogens (tertiary/aromatic N) is 1. The van der Waals surface area contributed by atoms with Gasteiger partial charge in [0, 0.05) is 5.02 Å². The summed E-state index contributed by atoms with van der Waals surface area (Å²) >= 11 is 12.0. The van der Waals surface area contributed by atoms with Crippen LogP contribution in [0, 0.1) is 11.3 Å². The van der Waals surface area contributed by atoms with E-state index in [9.17, 15) is 10.1 Å². The lowest BCUT2D eigenvalue weighted by molar-refractivity contribution is 0.0735. The third kappa shape index (κ3) is 4.77. The smallest absolute Gasteiger partial charge is 0.345 e. The topological polar surface area (TPSA) is 50.1 Å². The molecule has 0 bridgehead atoms. The average molecular weight is 394 g/mol. The van der Waals surface area contributed by atoms with Crippen molar-refractivity contribution in [3.05, 3.63) is 99.5 Å². The fourth-order valence-electron chi connectivity index (χ4n) is 2.46. The lowest BCUT2D eigenvalue weighted by Gasteiger charge is -2.07. The summed E-state index contributed by atoms with van der Waals surface area (Å²) in [5, 5.41) is 10.3. The second-order valence-electron chi connectivity index (χ2n) is 5.62. The molecule has 0 aliphatic carbocycles. The number of benzene rings is 3. The molecular formula is C22H13Cl2NO2. The normalized spacial score (nSPS) is 10.9. The number of nitriles is 1. The summed E-state index contributed by atoms with van der Waals surface area (Å²) in [6.07, 6.45) is 1.71. The first-order valence-corrected chi connectivity index (χ1v) is 8.77. The first-order chi connectivity index (χ1) is 13.1. The highest BCUT2D eigenvalue weighted by atomic mass is 35.5. The van der Waals surface area contributed by atoms with Gasteiger partial charge in [-0.05, 0) is 53.6 Å². The number of hydrogen-bond acceptors (Lipinski definition) is 3. The Morgan fingerprint density at radius 1 is 0.963 bits per heavy atom. The summed E-state index contributed by atoms with van der Waals surface area (Å²) in [6.45, 7) is 0. The molecule has 5 heteroatoms. The predicted molar refractivity (Wildman–Crippen MR) is 108 cm³/mol. The summed E-state index contributed by atoms with van der Waals surface area (Å²) in [5.74, 6) is -0.186. The minimum Gasteiger partial charge on any atom is -0.423 e. The molecule has 0 aliphatic rings. The summed E-state index contributed by atoms with van der Waals surface area (Å²) < 4.78 is 5.41. The monoisotopic (exact) mass is 393 g/mol. The van der Waals surface area contributed by atoms with Crippen LogP contribution in [0.1, 0.15) is 21.5 Å². The molecule has 0 saturated carbocycles. The van der Waals surface area contributed by atoms with Gasteiger partial charge in [-0.1, -0.05) is 59.6 Å². The molecule has 0 aliphatic heterocycles. The van der Waals surface area contributed by atoms with Crippen molar-refractivity contribution < 1.29 is 9.53 Å². The molecule has 0 N–H and O–H groups in total. The molecule has 0 aromatic heterocycles. The molecule has 0 radical (unpaired) electrons. The molecule has 3 aromatic carbocycles. The van der Waals surface area contributed by atoms with Crippen molar-refractivity contribution in [3.8, 4) is 11.8 Å². The van der Waals surface area contributed by atoms with Crippen molar-refractivity contribution in [1.29, 1.82) is 5.26 Å². The molecule has 132 valence electrons. The van der Waals surface area contributed by atoms with Gasteiger partial charge in [0.15, 0.2) is 0 Å². The SMILES string of the molecule is N#C/C(=C/c1cccc(OC(=O)c2ccccc2Cl)c1)c1cccc(Cl)c1. The van der Waals surface area contributed by atoms with E-state index < -0.39 is 5.97 Å². The van der Waals surface area contributed by atoms with Crippen LogP contribution in [0.2, 0.25) is 10.0 Å². The van der Waals surface area contributed by atoms with E-state index in [-0.39, 0.29) is 5.56 Å². The minimum atomic E-state index is -0.544. The number of carbonyl (C=O) groups is 1. The molecule has 0 atom stereocenters. The maximum atomic E-state index is 12.3. The summed E-state index contributed by atoms with van der Waals surface area (Å²) in [6, 6.07) is 22.8. The number of allylic oxidation sites excluding steroid dienone is 1. The van der Waals surface area contributed by atoms with Gasteiger partial charge in [0.2, 0.25) is 0 Å². The van der Waals surface area contributed by atoms with Crippen LogP contribution in [0.3, 0.4) is 0 Å². The Morgan fingerprint density at radius 2 is 1.74 bits per heavy atom. The molecule has 0 amide bonds. The molecule has 0 spiro atoms. The molecule has 0 heterocycles. The average Bonchev–Trinajstić information content (AvgIpc) is 2.66. The van der Waals surface area contributed by atoms with Crippen molar-refractivity contribution in [2.24, 2.45) is 0 Å². The molecule has 3 aromatic rings. The Bertz CT molecular complexity index is 1070. The van der Waals surface area contributed by atoms with E-state index in [2.05, 4.69) is 6.07 Å². The first kappa shape index (κ1) is 18.7. The van der Waals surface area contributed by atoms with Crippen LogP contribution in [0.15, 0.2) is 72.8 Å². The van der Waals surface area contributed by atoms with E-state index in [1.54, 1.807) is 66.7 Å². The van der Waals surface area contributed by atoms with E-state index in [1.807, 2.05) is 12.1 Å². The zero-order chi connectivity index (χ0) is 19.2. The first-order valence-electron chi connectivity index (χ1n) is 8.01. The van der Waals surface area contributed by atoms with Crippen LogP contribution >= 0.6 is 23.2 Å². The van der Waals surface area contributed by atoms with Gasteiger partial charge < -0.3 is 4.74 Å². The Hall–Kier alpha value is -3.06. The van der Waals surface area contributed by atoms with Gasteiger partial charge in [0.1, 0.15) is 5.75 Å². The fourth-order valence-corrected chi connectivity index (χ4v) is 2.86. The number of hydrogen-bond donors (Lipinski definition) is 0. The molecule has 0 saturated heterocycles. The maximum Gasteiger partial charge on any atom is 0.345 e. The van der Waals surface area contributed by atoms with Crippen molar-refractivity contribution in [3.63, 3.8) is 0 Å². The summed E-state index contributed by atoms with van der Waals surface area (Å²) in [7, 11) is 0. The third-order valence-electron chi connectivity index (χ3n) is 3.73. The zero-order valence-electron chi connectivity index (χ0n) is 14.0. The molecule has 3 rings (SSSR count). The quantitative estimate of drug-likeness (QED) is 0.227. The minimum absolute atomic E-state index is 0.289. The summed E-state index contributed by atoms with van der Waals surface area (Å²) in [4.78, 5) is 12.3. The van der Waals surface area contributed by atoms with E-state index in [1.165, 1.54) is 0 Å². The van der Waals surface area contributed by atoms with Crippen molar-refractivity contribution >= 4 is 40.8 Å². The lowest BCUT2D eigenvalue weighted by atomic mass is 10.0. The largest absolute Gasteiger partial charge is 0.423 e. The van der Waals surface area contributed by atoms with Crippen LogP contribution in [0.4, 0.5) is 0 Å². The fraction of sp³-hybridized carbons (Fsp3) is 0. The zero-order valence-corrected chi connectivity index (χ0v) is 15.5. The van der Waals surface area contributed by atoms with Gasteiger partial charge in [-0.25, -0.2) is 4.79 Å². The van der Waals surface area contributed by atoms with Crippen molar-refractivity contribution in [2.45, 2.75) is 0 Å². The highest BCUT2D eigenvalue weighted by Crippen LogP contribution is 2.24. The lowest BCUT2D eigenvalue weighted by Crippen LogP contribution is -2.09. The van der Waals surface area contributed by atoms with Crippen LogP contribution in [-0.4, -0.2) is 5.97 Å². The van der Waals surface area contributed by atoms with Crippen LogP contribution in [-0.2, 0) is 0 Å². The third-order valence-corrected chi connectivity index (χ3v) is 4.29. The number of halogens is 2. The van der Waals surface area contributed by atoms with Crippen LogP contribution < -0.4 is 4.74 Å². The molecule has 27 heavy (non-hydrogen) atoms. The highest BCUT2D eigenvalue weighted by Gasteiger charge is 2.12. The second-order valence-corrected chi connectivity index (χ2v) is 6.47. The molecule has 3 nitrogen and oxygen atoms in total. The second kappa shape index (κ2) is 8.55. The Kier molecular flexibility index (Phi) is 5.93. The van der Waals surface area contributed by atoms with E-state index in [4.69, 9.17) is 27.9 Å². The number of esters is 1. The highest BCUT2D eigenvalue weighted by molar-refractivity contribution is 6.33. The van der Waals surface area contributed by atoms with Gasteiger partial charge in [-0.2, -0.15) is 5.26 Å². The van der Waals surface area contributed by atoms with Crippen LogP contribution in [0.25, 0.3) is 11.6 Å². The van der Waals surface area contributed by atoms with Gasteiger partial charge in [0.05, 0.1) is 22.2 Å². The van der Waals surface area contributed by atoms with Crippen molar-refractivity contribution in [1.82, 2.24) is 0 Å². The molecule has 0 unspecified atom stereocenters. The number of ether oxygens (including phenoxy) is 1. The van der Waals surface area contributed by atoms with E-state index in [0.717, 1.165) is 5.56 Å². The van der Waals surface area contributed by atoms with Gasteiger partial charge in [-0.15, -0.1) is 0 Å². The van der Waals surface area contributed by atoms with E-state index >= 15 is 0 Å². The Morgan fingerprint density at radius 3 is 2.48 bits per heavy atom. The van der Waals surface area contributed by atoms with Gasteiger partial charge >= 0.3 is 5.97 Å². The Balaban J connectivity index is 1.86. The van der Waals surface area contributed by atoms with Gasteiger partial charge in [-0.3, -0.25) is 0 Å². The molecule has 0 fully saturated rings. The van der Waals surface area contributed by atoms with E-state index in [0.29, 0.717) is 26.9 Å². The molecular weight excluding hydrogens is 381 g/mol. The number of rotatable bonds is 4. The van der Waals surface area contributed by atoms with Gasteiger partial charge in [0.25, 0.3) is 0 Å². The predicted octanol–water partition coefficient (Wildman–Crippen LogP) is 6.28. The maximum absolute atomic E-state index is 12.3. The van der Waals surface area contributed by atoms with Crippen LogP contribution in [0.5, 0.6) is 5.75 Å². The Labute approximate surface area is 167 Å². The van der Waals surface area contributed by atoms with Crippen molar-refractivity contribution in [2.75, 3.05) is 0 Å².